The molecular formula is C16H26IN3. The molecule has 1 aliphatic rings. The number of nitrogens with zero attached hydrogens (tertiary/aromatic N) is 2. The molecule has 3 nitrogen and oxygen atoms in total. The summed E-state index contributed by atoms with van der Waals surface area (Å²) < 4.78 is 1.14. The second-order valence-electron chi connectivity index (χ2n) is 6.99. The third kappa shape index (κ3) is 3.43. The van der Waals surface area contributed by atoms with Gasteiger partial charge in [-0.25, -0.2) is 9.97 Å². The highest BCUT2D eigenvalue weighted by atomic mass is 127. The van der Waals surface area contributed by atoms with E-state index in [1.807, 2.05) is 7.05 Å². The normalized spacial score (nSPS) is 23.7. The van der Waals surface area contributed by atoms with E-state index in [1.165, 1.54) is 25.7 Å². The van der Waals surface area contributed by atoms with Crippen LogP contribution in [-0.2, 0) is 0 Å². The van der Waals surface area contributed by atoms with Gasteiger partial charge in [0.1, 0.15) is 11.6 Å². The van der Waals surface area contributed by atoms with Crippen molar-refractivity contribution in [3.8, 4) is 0 Å². The van der Waals surface area contributed by atoms with Crippen LogP contribution in [0.15, 0.2) is 0 Å². The van der Waals surface area contributed by atoms with Gasteiger partial charge in [0.15, 0.2) is 0 Å². The van der Waals surface area contributed by atoms with Crippen molar-refractivity contribution in [2.24, 2.45) is 11.3 Å². The highest BCUT2D eigenvalue weighted by Gasteiger charge is 2.31. The molecular weight excluding hydrogens is 361 g/mol. The number of nitrogens with one attached hydrogen (secondary N) is 1. The SMILES string of the molecule is CNc1nc(C2CCC(C(C)(C)C)CC2)nc(C)c1I. The van der Waals surface area contributed by atoms with Crippen molar-refractivity contribution < 1.29 is 0 Å². The molecule has 112 valence electrons. The van der Waals surface area contributed by atoms with Gasteiger partial charge in [0.05, 0.1) is 9.26 Å². The van der Waals surface area contributed by atoms with Crippen molar-refractivity contribution in [1.82, 2.24) is 9.97 Å². The predicted molar refractivity (Wildman–Crippen MR) is 93.2 cm³/mol. The van der Waals surface area contributed by atoms with E-state index in [1.54, 1.807) is 0 Å². The van der Waals surface area contributed by atoms with Crippen molar-refractivity contribution in [2.45, 2.75) is 59.3 Å². The molecule has 1 fully saturated rings. The number of aromatic nitrogens is 2. The van der Waals surface area contributed by atoms with E-state index < -0.39 is 0 Å². The Labute approximate surface area is 136 Å². The van der Waals surface area contributed by atoms with Crippen LogP contribution in [0.25, 0.3) is 0 Å². The quantitative estimate of drug-likeness (QED) is 0.745. The van der Waals surface area contributed by atoms with E-state index >= 15 is 0 Å². The second kappa shape index (κ2) is 6.16. The maximum atomic E-state index is 4.73. The first-order valence-electron chi connectivity index (χ1n) is 7.54. The topological polar surface area (TPSA) is 37.8 Å². The molecule has 1 heterocycles. The van der Waals surface area contributed by atoms with Gasteiger partial charge in [0.2, 0.25) is 0 Å². The van der Waals surface area contributed by atoms with Gasteiger partial charge < -0.3 is 5.32 Å². The molecule has 0 aromatic carbocycles. The Morgan fingerprint density at radius 1 is 1.10 bits per heavy atom. The van der Waals surface area contributed by atoms with Crippen LogP contribution in [0, 0.1) is 21.8 Å². The molecule has 4 heteroatoms. The molecule has 2 rings (SSSR count). The summed E-state index contributed by atoms with van der Waals surface area (Å²) in [6, 6.07) is 0. The van der Waals surface area contributed by atoms with Gasteiger partial charge in [-0.1, -0.05) is 20.8 Å². The Morgan fingerprint density at radius 2 is 1.70 bits per heavy atom. The first-order valence-corrected chi connectivity index (χ1v) is 8.62. The molecule has 0 aliphatic heterocycles. The zero-order valence-corrected chi connectivity index (χ0v) is 15.4. The third-order valence-corrected chi connectivity index (χ3v) is 5.88. The summed E-state index contributed by atoms with van der Waals surface area (Å²) in [4.78, 5) is 9.47. The molecule has 0 atom stereocenters. The van der Waals surface area contributed by atoms with Crippen LogP contribution in [-0.4, -0.2) is 17.0 Å². The summed E-state index contributed by atoms with van der Waals surface area (Å²) in [6.07, 6.45) is 5.06. The zero-order chi connectivity index (χ0) is 14.9. The van der Waals surface area contributed by atoms with E-state index in [9.17, 15) is 0 Å². The number of aryl methyl sites for hydroxylation is 1. The number of anilines is 1. The maximum Gasteiger partial charge on any atom is 0.143 e. The summed E-state index contributed by atoms with van der Waals surface area (Å²) in [5.74, 6) is 3.40. The molecule has 1 aliphatic carbocycles. The fraction of sp³-hybridized carbons (Fsp3) is 0.750. The van der Waals surface area contributed by atoms with Gasteiger partial charge in [-0.3, -0.25) is 0 Å². The molecule has 1 saturated carbocycles. The summed E-state index contributed by atoms with van der Waals surface area (Å²) in [7, 11) is 1.93. The van der Waals surface area contributed by atoms with Crippen LogP contribution in [0.5, 0.6) is 0 Å². The molecule has 0 unspecified atom stereocenters. The summed E-state index contributed by atoms with van der Waals surface area (Å²) >= 11 is 2.32. The molecule has 0 bridgehead atoms. The summed E-state index contributed by atoms with van der Waals surface area (Å²) in [5, 5.41) is 3.19. The number of rotatable bonds is 2. The van der Waals surface area contributed by atoms with Crippen LogP contribution in [0.4, 0.5) is 5.82 Å². The van der Waals surface area contributed by atoms with Gasteiger partial charge in [-0.15, -0.1) is 0 Å². The Kier molecular flexibility index (Phi) is 4.92. The summed E-state index contributed by atoms with van der Waals surface area (Å²) in [5.41, 5.74) is 1.53. The fourth-order valence-electron chi connectivity index (χ4n) is 3.15. The van der Waals surface area contributed by atoms with Crippen molar-refractivity contribution in [3.63, 3.8) is 0 Å². The van der Waals surface area contributed by atoms with Gasteiger partial charge in [0, 0.05) is 13.0 Å². The number of halogens is 1. The van der Waals surface area contributed by atoms with E-state index in [0.29, 0.717) is 11.3 Å². The third-order valence-electron chi connectivity index (χ3n) is 4.59. The fourth-order valence-corrected chi connectivity index (χ4v) is 3.66. The highest BCUT2D eigenvalue weighted by Crippen LogP contribution is 2.42. The Balaban J connectivity index is 2.13. The largest absolute Gasteiger partial charge is 0.372 e. The highest BCUT2D eigenvalue weighted by molar-refractivity contribution is 14.1. The van der Waals surface area contributed by atoms with Gasteiger partial charge >= 0.3 is 0 Å². The van der Waals surface area contributed by atoms with E-state index in [0.717, 1.165) is 26.8 Å². The van der Waals surface area contributed by atoms with Crippen molar-refractivity contribution in [3.05, 3.63) is 15.1 Å². The minimum atomic E-state index is 0.434. The standard InChI is InChI=1S/C16H26IN3/c1-10-13(17)15(18-5)20-14(19-10)11-6-8-12(9-7-11)16(2,3)4/h11-12H,6-9H2,1-5H3,(H,18,19,20). The number of hydrogen-bond donors (Lipinski definition) is 1. The predicted octanol–water partition coefficient (Wildman–Crippen LogP) is 4.75. The van der Waals surface area contributed by atoms with E-state index in [-0.39, 0.29) is 0 Å². The molecule has 1 aromatic heterocycles. The van der Waals surface area contributed by atoms with Crippen LogP contribution in [0.2, 0.25) is 0 Å². The van der Waals surface area contributed by atoms with Gasteiger partial charge in [-0.05, 0) is 66.5 Å². The van der Waals surface area contributed by atoms with Gasteiger partial charge in [-0.2, -0.15) is 0 Å². The second-order valence-corrected chi connectivity index (χ2v) is 8.07. The van der Waals surface area contributed by atoms with E-state index in [2.05, 4.69) is 55.6 Å². The first-order chi connectivity index (χ1) is 9.32. The Morgan fingerprint density at radius 3 is 2.20 bits per heavy atom. The van der Waals surface area contributed by atoms with Crippen molar-refractivity contribution >= 4 is 28.4 Å². The maximum absolute atomic E-state index is 4.73. The monoisotopic (exact) mass is 387 g/mol. The lowest BCUT2D eigenvalue weighted by atomic mass is 9.69. The molecule has 0 saturated heterocycles. The molecule has 1 aromatic rings. The molecule has 20 heavy (non-hydrogen) atoms. The summed E-state index contributed by atoms with van der Waals surface area (Å²) in [6.45, 7) is 9.17. The lowest BCUT2D eigenvalue weighted by Crippen LogP contribution is -2.26. The van der Waals surface area contributed by atoms with Crippen LogP contribution in [0.1, 0.15) is 63.9 Å². The van der Waals surface area contributed by atoms with Crippen LogP contribution < -0.4 is 5.32 Å². The zero-order valence-electron chi connectivity index (χ0n) is 13.3. The average Bonchev–Trinajstić information content (AvgIpc) is 2.41. The molecule has 0 radical (unpaired) electrons. The van der Waals surface area contributed by atoms with Gasteiger partial charge in [0.25, 0.3) is 0 Å². The van der Waals surface area contributed by atoms with Crippen molar-refractivity contribution in [1.29, 1.82) is 0 Å². The van der Waals surface area contributed by atoms with E-state index in [4.69, 9.17) is 9.97 Å². The first kappa shape index (κ1) is 16.0. The minimum Gasteiger partial charge on any atom is -0.372 e. The van der Waals surface area contributed by atoms with Crippen LogP contribution >= 0.6 is 22.6 Å². The Bertz CT molecular complexity index is 471. The molecule has 0 spiro atoms. The smallest absolute Gasteiger partial charge is 0.143 e. The average molecular weight is 387 g/mol. The Hall–Kier alpha value is -0.390. The number of hydrogen-bond acceptors (Lipinski definition) is 3. The minimum absolute atomic E-state index is 0.434. The lowest BCUT2D eigenvalue weighted by molar-refractivity contribution is 0.167. The van der Waals surface area contributed by atoms with Crippen LogP contribution in [0.3, 0.4) is 0 Å². The molecule has 1 N–H and O–H groups in total. The molecule has 0 amide bonds. The lowest BCUT2D eigenvalue weighted by Gasteiger charge is -2.36. The van der Waals surface area contributed by atoms with Crippen molar-refractivity contribution in [2.75, 3.05) is 12.4 Å².